The van der Waals surface area contributed by atoms with Gasteiger partial charge in [-0.25, -0.2) is 0 Å². The van der Waals surface area contributed by atoms with Gasteiger partial charge in [-0.3, -0.25) is 0 Å². The highest BCUT2D eigenvalue weighted by Crippen LogP contribution is 2.00. The molecule has 2 N–H and O–H groups in total. The Kier molecular flexibility index (Phi) is 1.85. The highest BCUT2D eigenvalue weighted by molar-refractivity contribution is 5.39. The van der Waals surface area contributed by atoms with E-state index in [2.05, 4.69) is 17.2 Å². The summed E-state index contributed by atoms with van der Waals surface area (Å²) in [6.45, 7) is 3.42. The van der Waals surface area contributed by atoms with Gasteiger partial charge in [0, 0.05) is 0 Å². The van der Waals surface area contributed by atoms with Crippen LogP contribution in [0, 0.1) is 0 Å². The molecule has 0 aliphatic rings. The molecule has 1 rings (SSSR count). The quantitative estimate of drug-likeness (QED) is 0.411. The van der Waals surface area contributed by atoms with Gasteiger partial charge in [-0.2, -0.15) is 5.43 Å². The van der Waals surface area contributed by atoms with Crippen LogP contribution >= 0.6 is 0 Å². The van der Waals surface area contributed by atoms with Crippen molar-refractivity contribution in [3.63, 3.8) is 0 Å². The molecular formula is C7H9N2+. The molecule has 0 amide bonds. The number of rotatable bonds is 2. The van der Waals surface area contributed by atoms with Crippen molar-refractivity contribution >= 4 is 12.4 Å². The molecule has 0 aliphatic heterocycles. The van der Waals surface area contributed by atoms with Gasteiger partial charge in [0.25, 0.3) is 0 Å². The minimum Gasteiger partial charge on any atom is -0.169 e. The van der Waals surface area contributed by atoms with E-state index in [-0.39, 0.29) is 0 Å². The minimum atomic E-state index is 1.02. The molecule has 9 heavy (non-hydrogen) atoms. The summed E-state index contributed by atoms with van der Waals surface area (Å²) in [5.41, 5.74) is 3.87. The molecule has 0 atom stereocenters. The molecular weight excluding hydrogens is 112 g/mol. The van der Waals surface area contributed by atoms with E-state index >= 15 is 0 Å². The van der Waals surface area contributed by atoms with E-state index in [1.165, 1.54) is 0 Å². The Labute approximate surface area is 54.2 Å². The predicted octanol–water partition coefficient (Wildman–Crippen LogP) is -0.205. The average Bonchev–Trinajstić information content (AvgIpc) is 1.91. The zero-order chi connectivity index (χ0) is 6.53. The molecule has 0 fully saturated rings. The van der Waals surface area contributed by atoms with Crippen LogP contribution in [0.3, 0.4) is 0 Å². The molecule has 2 heteroatoms. The summed E-state index contributed by atoms with van der Waals surface area (Å²) < 4.78 is 0. The molecule has 1 aromatic carbocycles. The number of hydrogen-bond donors (Lipinski definition) is 2. The van der Waals surface area contributed by atoms with Crippen LogP contribution in [0.15, 0.2) is 30.3 Å². The van der Waals surface area contributed by atoms with Crippen LogP contribution in [0.4, 0.5) is 5.69 Å². The van der Waals surface area contributed by atoms with Gasteiger partial charge in [-0.15, -0.1) is 5.10 Å². The van der Waals surface area contributed by atoms with Crippen LogP contribution in [0.5, 0.6) is 0 Å². The Morgan fingerprint density at radius 3 is 2.44 bits per heavy atom. The van der Waals surface area contributed by atoms with E-state index in [0.29, 0.717) is 0 Å². The first-order valence-electron chi connectivity index (χ1n) is 2.76. The van der Waals surface area contributed by atoms with Crippen molar-refractivity contribution in [1.82, 2.24) is 0 Å². The van der Waals surface area contributed by atoms with Crippen molar-refractivity contribution in [2.24, 2.45) is 0 Å². The standard InChI is InChI=1S/C7H8N2/c1-8-9-7-5-3-2-4-6-7/h2-6,9H,1H2/p+1. The van der Waals surface area contributed by atoms with Gasteiger partial charge in [0.1, 0.15) is 0 Å². The fourth-order valence-corrected chi connectivity index (χ4v) is 0.624. The molecule has 0 aromatic heterocycles. The number of benzene rings is 1. The summed E-state index contributed by atoms with van der Waals surface area (Å²) in [7, 11) is 0. The first kappa shape index (κ1) is 5.82. The lowest BCUT2D eigenvalue weighted by molar-refractivity contribution is -0.408. The highest BCUT2D eigenvalue weighted by Gasteiger charge is 1.84. The van der Waals surface area contributed by atoms with Crippen molar-refractivity contribution in [2.45, 2.75) is 0 Å². The molecule has 0 unspecified atom stereocenters. The van der Waals surface area contributed by atoms with Gasteiger partial charge in [-0.05, 0) is 12.1 Å². The molecule has 0 bridgehead atoms. The second-order valence-corrected chi connectivity index (χ2v) is 1.67. The summed E-state index contributed by atoms with van der Waals surface area (Å²) >= 11 is 0. The number of hydrogen-bond acceptors (Lipinski definition) is 1. The average molecular weight is 121 g/mol. The molecule has 0 spiro atoms. The number of hydrazone groups is 1. The van der Waals surface area contributed by atoms with Gasteiger partial charge in [0.2, 0.25) is 0 Å². The maximum absolute atomic E-state index is 3.42. The third kappa shape index (κ3) is 1.57. The lowest BCUT2D eigenvalue weighted by atomic mass is 10.3. The van der Waals surface area contributed by atoms with E-state index in [9.17, 15) is 0 Å². The minimum absolute atomic E-state index is 1.02. The molecule has 0 saturated heterocycles. The van der Waals surface area contributed by atoms with Crippen molar-refractivity contribution in [2.75, 3.05) is 5.43 Å². The first-order valence-corrected chi connectivity index (χ1v) is 2.76. The third-order valence-electron chi connectivity index (χ3n) is 1.01. The zero-order valence-electron chi connectivity index (χ0n) is 5.09. The molecule has 0 aliphatic carbocycles. The van der Waals surface area contributed by atoms with Crippen LogP contribution < -0.4 is 10.5 Å². The molecule has 0 heterocycles. The summed E-state index contributed by atoms with van der Waals surface area (Å²) in [5, 5.41) is 2.58. The van der Waals surface area contributed by atoms with Gasteiger partial charge in [0.15, 0.2) is 6.72 Å². The van der Waals surface area contributed by atoms with Gasteiger partial charge in [-0.1, -0.05) is 18.2 Å². The third-order valence-corrected chi connectivity index (χ3v) is 1.01. The summed E-state index contributed by atoms with van der Waals surface area (Å²) in [6.07, 6.45) is 0. The van der Waals surface area contributed by atoms with E-state index in [4.69, 9.17) is 0 Å². The topological polar surface area (TPSA) is 26.0 Å². The zero-order valence-corrected chi connectivity index (χ0v) is 5.09. The van der Waals surface area contributed by atoms with Crippen LogP contribution in [0.25, 0.3) is 0 Å². The molecule has 1 aromatic rings. The monoisotopic (exact) mass is 121 g/mol. The smallest absolute Gasteiger partial charge is 0.155 e. The van der Waals surface area contributed by atoms with Crippen molar-refractivity contribution in [1.29, 1.82) is 0 Å². The summed E-state index contributed by atoms with van der Waals surface area (Å²) in [4.78, 5) is 0. The molecule has 46 valence electrons. The Hall–Kier alpha value is -1.31. The maximum atomic E-state index is 3.42. The van der Waals surface area contributed by atoms with Crippen LogP contribution in [0.2, 0.25) is 0 Å². The molecule has 2 nitrogen and oxygen atoms in total. The second kappa shape index (κ2) is 2.87. The van der Waals surface area contributed by atoms with Crippen molar-refractivity contribution in [3.05, 3.63) is 30.3 Å². The largest absolute Gasteiger partial charge is 0.169 e. The van der Waals surface area contributed by atoms with Crippen LogP contribution in [-0.4, -0.2) is 6.72 Å². The molecule has 0 radical (unpaired) electrons. The predicted molar refractivity (Wildman–Crippen MR) is 38.1 cm³/mol. The Morgan fingerprint density at radius 1 is 1.22 bits per heavy atom. The summed E-state index contributed by atoms with van der Waals surface area (Å²) in [5.74, 6) is 0. The van der Waals surface area contributed by atoms with E-state index < -0.39 is 0 Å². The SMILES string of the molecule is C=[NH+]Nc1ccccc1. The van der Waals surface area contributed by atoms with Gasteiger partial charge >= 0.3 is 0 Å². The van der Waals surface area contributed by atoms with Crippen LogP contribution in [0.1, 0.15) is 0 Å². The summed E-state index contributed by atoms with van der Waals surface area (Å²) in [6, 6.07) is 9.80. The fourth-order valence-electron chi connectivity index (χ4n) is 0.624. The van der Waals surface area contributed by atoms with E-state index in [1.807, 2.05) is 30.3 Å². The van der Waals surface area contributed by atoms with Crippen LogP contribution in [-0.2, 0) is 0 Å². The van der Waals surface area contributed by atoms with E-state index in [0.717, 1.165) is 5.69 Å². The normalized spacial score (nSPS) is 8.44. The lowest BCUT2D eigenvalue weighted by Crippen LogP contribution is -2.71. The van der Waals surface area contributed by atoms with Gasteiger partial charge < -0.3 is 0 Å². The second-order valence-electron chi connectivity index (χ2n) is 1.67. The highest BCUT2D eigenvalue weighted by atomic mass is 15.3. The van der Waals surface area contributed by atoms with Crippen molar-refractivity contribution in [3.8, 4) is 0 Å². The Balaban J connectivity index is 2.72. The fraction of sp³-hybridized carbons (Fsp3) is 0. The lowest BCUT2D eigenvalue weighted by Gasteiger charge is -1.90. The Morgan fingerprint density at radius 2 is 1.89 bits per heavy atom. The van der Waals surface area contributed by atoms with Gasteiger partial charge in [0.05, 0.1) is 5.69 Å². The Bertz CT molecular complexity index is 181. The first-order chi connectivity index (χ1) is 4.43. The number of hydrazine groups is 1. The van der Waals surface area contributed by atoms with E-state index in [1.54, 1.807) is 0 Å². The number of anilines is 1. The van der Waals surface area contributed by atoms with Crippen molar-refractivity contribution < 1.29 is 5.10 Å². The maximum Gasteiger partial charge on any atom is 0.155 e. The number of nitrogens with one attached hydrogen (secondary N) is 2. The number of para-hydroxylation sites is 1. The molecule has 0 saturated carbocycles.